The summed E-state index contributed by atoms with van der Waals surface area (Å²) in [6.45, 7) is 4.37. The van der Waals surface area contributed by atoms with Crippen molar-refractivity contribution in [2.24, 2.45) is 11.8 Å². The van der Waals surface area contributed by atoms with Gasteiger partial charge < -0.3 is 5.32 Å². The van der Waals surface area contributed by atoms with Gasteiger partial charge in [0.25, 0.3) is 11.6 Å². The second-order valence-corrected chi connectivity index (χ2v) is 6.31. The van der Waals surface area contributed by atoms with Gasteiger partial charge >= 0.3 is 0 Å². The van der Waals surface area contributed by atoms with Gasteiger partial charge in [-0.1, -0.05) is 25.4 Å². The maximum atomic E-state index is 12.2. The fourth-order valence-electron chi connectivity index (χ4n) is 2.93. The molecule has 21 heavy (non-hydrogen) atoms. The SMILES string of the molecule is CC1CCC(NC(=O)c2ccc([N+](=O)[O-])c(Cl)c2)C(C)C1. The molecule has 0 aliphatic heterocycles. The number of carbonyl (C=O) groups is 1. The van der Waals surface area contributed by atoms with Gasteiger partial charge in [-0.15, -0.1) is 0 Å². The number of benzene rings is 1. The topological polar surface area (TPSA) is 72.2 Å². The maximum Gasteiger partial charge on any atom is 0.287 e. The molecule has 5 nitrogen and oxygen atoms in total. The average Bonchev–Trinajstić information content (AvgIpc) is 2.41. The highest BCUT2D eigenvalue weighted by Gasteiger charge is 2.27. The number of amides is 1. The van der Waals surface area contributed by atoms with E-state index in [1.54, 1.807) is 0 Å². The van der Waals surface area contributed by atoms with E-state index in [0.29, 0.717) is 17.4 Å². The first-order valence-electron chi connectivity index (χ1n) is 7.13. The number of hydrogen-bond donors (Lipinski definition) is 1. The van der Waals surface area contributed by atoms with Crippen molar-refractivity contribution in [3.8, 4) is 0 Å². The van der Waals surface area contributed by atoms with Crippen LogP contribution in [0, 0.1) is 22.0 Å². The fourth-order valence-corrected chi connectivity index (χ4v) is 3.18. The summed E-state index contributed by atoms with van der Waals surface area (Å²) in [5, 5.41) is 13.7. The second kappa shape index (κ2) is 6.43. The van der Waals surface area contributed by atoms with Crippen molar-refractivity contribution in [1.82, 2.24) is 5.32 Å². The molecule has 1 saturated carbocycles. The van der Waals surface area contributed by atoms with Gasteiger partial charge in [0.2, 0.25) is 0 Å². The van der Waals surface area contributed by atoms with Crippen molar-refractivity contribution in [2.75, 3.05) is 0 Å². The molecule has 0 heterocycles. The van der Waals surface area contributed by atoms with Crippen LogP contribution in [-0.4, -0.2) is 16.9 Å². The van der Waals surface area contributed by atoms with Crippen LogP contribution in [0.5, 0.6) is 0 Å². The molecule has 3 unspecified atom stereocenters. The molecule has 114 valence electrons. The molecule has 6 heteroatoms. The van der Waals surface area contributed by atoms with Gasteiger partial charge in [-0.3, -0.25) is 14.9 Å². The minimum absolute atomic E-state index is 0.0158. The van der Waals surface area contributed by atoms with Crippen molar-refractivity contribution in [3.05, 3.63) is 38.9 Å². The van der Waals surface area contributed by atoms with Gasteiger partial charge in [-0.05, 0) is 43.2 Å². The zero-order valence-electron chi connectivity index (χ0n) is 12.1. The number of rotatable bonds is 3. The summed E-state index contributed by atoms with van der Waals surface area (Å²) < 4.78 is 0. The number of hydrogen-bond acceptors (Lipinski definition) is 3. The maximum absolute atomic E-state index is 12.2. The normalized spacial score (nSPS) is 25.4. The standard InChI is InChI=1S/C15H19ClN2O3/c1-9-3-5-13(10(2)7-9)17-15(19)11-4-6-14(18(20)21)12(16)8-11/h4,6,8-10,13H,3,5,7H2,1-2H3,(H,17,19). The minimum atomic E-state index is -0.561. The highest BCUT2D eigenvalue weighted by molar-refractivity contribution is 6.33. The lowest BCUT2D eigenvalue weighted by molar-refractivity contribution is -0.384. The molecular weight excluding hydrogens is 292 g/mol. The van der Waals surface area contributed by atoms with E-state index in [1.165, 1.54) is 18.2 Å². The van der Waals surface area contributed by atoms with Crippen LogP contribution >= 0.6 is 11.6 Å². The summed E-state index contributed by atoms with van der Waals surface area (Å²) in [6.07, 6.45) is 3.18. The first-order chi connectivity index (χ1) is 9.88. The third kappa shape index (κ3) is 3.73. The first kappa shape index (κ1) is 15.8. The first-order valence-corrected chi connectivity index (χ1v) is 7.51. The fraction of sp³-hybridized carbons (Fsp3) is 0.533. The molecule has 0 aromatic heterocycles. The Morgan fingerprint density at radius 2 is 2.10 bits per heavy atom. The second-order valence-electron chi connectivity index (χ2n) is 5.90. The van der Waals surface area contributed by atoms with Gasteiger partial charge in [0.05, 0.1) is 4.92 Å². The minimum Gasteiger partial charge on any atom is -0.349 e. The van der Waals surface area contributed by atoms with Gasteiger partial charge in [-0.2, -0.15) is 0 Å². The Labute approximate surface area is 128 Å². The molecule has 1 aliphatic carbocycles. The molecule has 1 N–H and O–H groups in total. The summed E-state index contributed by atoms with van der Waals surface area (Å²) in [4.78, 5) is 22.4. The molecule has 1 aliphatic rings. The summed E-state index contributed by atoms with van der Waals surface area (Å²) >= 11 is 5.84. The predicted octanol–water partition coefficient (Wildman–Crippen LogP) is 3.80. The average molecular weight is 311 g/mol. The van der Waals surface area contributed by atoms with Crippen LogP contribution in [0.1, 0.15) is 43.5 Å². The Morgan fingerprint density at radius 1 is 1.38 bits per heavy atom. The smallest absolute Gasteiger partial charge is 0.287 e. The van der Waals surface area contributed by atoms with E-state index >= 15 is 0 Å². The van der Waals surface area contributed by atoms with Crippen molar-refractivity contribution >= 4 is 23.2 Å². The Hall–Kier alpha value is -1.62. The van der Waals surface area contributed by atoms with Crippen LogP contribution in [0.2, 0.25) is 5.02 Å². The van der Waals surface area contributed by atoms with Gasteiger partial charge in [-0.25, -0.2) is 0 Å². The van der Waals surface area contributed by atoms with Crippen molar-refractivity contribution in [1.29, 1.82) is 0 Å². The van der Waals surface area contributed by atoms with Crippen LogP contribution < -0.4 is 5.32 Å². The third-order valence-electron chi connectivity index (χ3n) is 4.15. The zero-order chi connectivity index (χ0) is 15.6. The van der Waals surface area contributed by atoms with E-state index in [2.05, 4.69) is 19.2 Å². The number of halogens is 1. The van der Waals surface area contributed by atoms with Crippen LogP contribution in [0.3, 0.4) is 0 Å². The Kier molecular flexibility index (Phi) is 4.83. The van der Waals surface area contributed by atoms with E-state index in [0.717, 1.165) is 19.3 Å². The van der Waals surface area contributed by atoms with Crippen molar-refractivity contribution in [3.63, 3.8) is 0 Å². The zero-order valence-corrected chi connectivity index (χ0v) is 12.9. The number of carbonyl (C=O) groups excluding carboxylic acids is 1. The van der Waals surface area contributed by atoms with Gasteiger partial charge in [0, 0.05) is 17.7 Å². The Balaban J connectivity index is 2.07. The number of nitrogens with zero attached hydrogens (tertiary/aromatic N) is 1. The lowest BCUT2D eigenvalue weighted by Gasteiger charge is -2.33. The lowest BCUT2D eigenvalue weighted by Crippen LogP contribution is -2.42. The van der Waals surface area contributed by atoms with E-state index in [9.17, 15) is 14.9 Å². The van der Waals surface area contributed by atoms with Crippen molar-refractivity contribution < 1.29 is 9.72 Å². The van der Waals surface area contributed by atoms with E-state index in [-0.39, 0.29) is 22.7 Å². The Bertz CT molecular complexity index is 562. The molecule has 1 fully saturated rings. The van der Waals surface area contributed by atoms with E-state index in [1.807, 2.05) is 0 Å². The number of nitrogens with one attached hydrogen (secondary N) is 1. The molecule has 1 aromatic carbocycles. The summed E-state index contributed by atoms with van der Waals surface area (Å²) in [6, 6.07) is 4.21. The molecule has 0 bridgehead atoms. The monoisotopic (exact) mass is 310 g/mol. The molecule has 2 rings (SSSR count). The van der Waals surface area contributed by atoms with Crippen LogP contribution in [-0.2, 0) is 0 Å². The lowest BCUT2D eigenvalue weighted by atomic mass is 9.80. The van der Waals surface area contributed by atoms with Crippen LogP contribution in [0.25, 0.3) is 0 Å². The summed E-state index contributed by atoms with van der Waals surface area (Å²) in [7, 11) is 0. The quantitative estimate of drug-likeness (QED) is 0.681. The summed E-state index contributed by atoms with van der Waals surface area (Å²) in [5.74, 6) is 0.909. The van der Waals surface area contributed by atoms with E-state index in [4.69, 9.17) is 11.6 Å². The number of nitro groups is 1. The largest absolute Gasteiger partial charge is 0.349 e. The number of nitro benzene ring substituents is 1. The van der Waals surface area contributed by atoms with Crippen LogP contribution in [0.15, 0.2) is 18.2 Å². The molecular formula is C15H19ClN2O3. The molecule has 1 aromatic rings. The molecule has 0 spiro atoms. The molecule has 3 atom stereocenters. The highest BCUT2D eigenvalue weighted by atomic mass is 35.5. The van der Waals surface area contributed by atoms with Crippen molar-refractivity contribution in [2.45, 2.75) is 39.2 Å². The van der Waals surface area contributed by atoms with Crippen LogP contribution in [0.4, 0.5) is 5.69 Å². The molecule has 0 saturated heterocycles. The van der Waals surface area contributed by atoms with Gasteiger partial charge in [0.15, 0.2) is 0 Å². The molecule has 1 amide bonds. The van der Waals surface area contributed by atoms with Gasteiger partial charge in [0.1, 0.15) is 5.02 Å². The molecule has 0 radical (unpaired) electrons. The highest BCUT2D eigenvalue weighted by Crippen LogP contribution is 2.29. The third-order valence-corrected chi connectivity index (χ3v) is 4.46. The summed E-state index contributed by atoms with van der Waals surface area (Å²) in [5.41, 5.74) is 0.171. The Morgan fingerprint density at radius 3 is 2.67 bits per heavy atom. The predicted molar refractivity (Wildman–Crippen MR) is 81.5 cm³/mol. The van der Waals surface area contributed by atoms with E-state index < -0.39 is 4.92 Å².